The zero-order valence-electron chi connectivity index (χ0n) is 12.0. The van der Waals surface area contributed by atoms with Crippen molar-refractivity contribution in [2.24, 2.45) is 5.92 Å². The molecule has 1 unspecified atom stereocenters. The molecule has 1 saturated carbocycles. The molecule has 4 nitrogen and oxygen atoms in total. The summed E-state index contributed by atoms with van der Waals surface area (Å²) in [7, 11) is 0. The number of carbonyl (C=O) groups excluding carboxylic acids is 1. The highest BCUT2D eigenvalue weighted by molar-refractivity contribution is 8.00. The lowest BCUT2D eigenvalue weighted by Crippen LogP contribution is -2.38. The van der Waals surface area contributed by atoms with Crippen molar-refractivity contribution in [1.82, 2.24) is 5.32 Å². The van der Waals surface area contributed by atoms with Crippen molar-refractivity contribution in [2.75, 3.05) is 0 Å². The quantitative estimate of drug-likeness (QED) is 0.781. The molecule has 7 heteroatoms. The van der Waals surface area contributed by atoms with E-state index >= 15 is 0 Å². The van der Waals surface area contributed by atoms with Crippen molar-refractivity contribution in [3.8, 4) is 0 Å². The van der Waals surface area contributed by atoms with Crippen LogP contribution in [0, 0.1) is 5.92 Å². The fourth-order valence-corrected chi connectivity index (χ4v) is 3.89. The Kier molecular flexibility index (Phi) is 6.01. The number of nitrogens with one attached hydrogen (secondary N) is 1. The molecule has 1 aromatic carbocycles. The van der Waals surface area contributed by atoms with E-state index in [1.165, 1.54) is 11.8 Å². The van der Waals surface area contributed by atoms with Crippen molar-refractivity contribution in [2.45, 2.75) is 42.4 Å². The monoisotopic (exact) mass is 361 g/mol. The van der Waals surface area contributed by atoms with E-state index in [9.17, 15) is 9.59 Å². The molecule has 3 atom stereocenters. The van der Waals surface area contributed by atoms with E-state index < -0.39 is 5.97 Å². The molecule has 0 heterocycles. The number of halogens is 2. The van der Waals surface area contributed by atoms with Gasteiger partial charge >= 0.3 is 5.97 Å². The second-order valence-electron chi connectivity index (χ2n) is 5.39. The average molecular weight is 362 g/mol. The SMILES string of the molecule is CC(Sc1cc(Cl)ccc1Cl)C(=O)N[C@H]1CC[C@@H](C(=O)O)C1. The first-order valence-corrected chi connectivity index (χ1v) is 8.65. The Labute approximate surface area is 143 Å². The minimum Gasteiger partial charge on any atom is -0.481 e. The number of carboxylic acid groups (broad SMARTS) is 1. The second-order valence-corrected chi connectivity index (χ2v) is 7.61. The van der Waals surface area contributed by atoms with E-state index in [2.05, 4.69) is 5.32 Å². The van der Waals surface area contributed by atoms with Gasteiger partial charge in [0, 0.05) is 16.0 Å². The Morgan fingerprint density at radius 2 is 2.09 bits per heavy atom. The molecule has 2 rings (SSSR count). The molecule has 120 valence electrons. The van der Waals surface area contributed by atoms with E-state index in [-0.39, 0.29) is 23.1 Å². The zero-order valence-corrected chi connectivity index (χ0v) is 14.3. The first kappa shape index (κ1) is 17.4. The molecule has 1 fully saturated rings. The number of hydrogen-bond acceptors (Lipinski definition) is 3. The van der Waals surface area contributed by atoms with Crippen molar-refractivity contribution in [3.05, 3.63) is 28.2 Å². The topological polar surface area (TPSA) is 66.4 Å². The molecule has 1 aliphatic rings. The summed E-state index contributed by atoms with van der Waals surface area (Å²) in [5, 5.41) is 12.7. The van der Waals surface area contributed by atoms with Crippen LogP contribution in [-0.2, 0) is 9.59 Å². The number of carbonyl (C=O) groups is 2. The van der Waals surface area contributed by atoms with Crippen LogP contribution in [0.1, 0.15) is 26.2 Å². The summed E-state index contributed by atoms with van der Waals surface area (Å²) >= 11 is 13.4. The van der Waals surface area contributed by atoms with Crippen LogP contribution in [0.25, 0.3) is 0 Å². The van der Waals surface area contributed by atoms with Crippen LogP contribution in [0.15, 0.2) is 23.1 Å². The van der Waals surface area contributed by atoms with Crippen molar-refractivity contribution in [3.63, 3.8) is 0 Å². The van der Waals surface area contributed by atoms with E-state index in [0.29, 0.717) is 29.3 Å². The fourth-order valence-electron chi connectivity index (χ4n) is 2.47. The largest absolute Gasteiger partial charge is 0.481 e. The van der Waals surface area contributed by atoms with Gasteiger partial charge in [-0.3, -0.25) is 9.59 Å². The lowest BCUT2D eigenvalue weighted by molar-refractivity contribution is -0.141. The van der Waals surface area contributed by atoms with E-state index in [4.69, 9.17) is 28.3 Å². The van der Waals surface area contributed by atoms with E-state index in [1.807, 2.05) is 0 Å². The average Bonchev–Trinajstić information content (AvgIpc) is 2.91. The summed E-state index contributed by atoms with van der Waals surface area (Å²) in [6.07, 6.45) is 1.82. The van der Waals surface area contributed by atoms with Gasteiger partial charge in [0.15, 0.2) is 0 Å². The maximum Gasteiger partial charge on any atom is 0.306 e. The number of amides is 1. The molecule has 0 spiro atoms. The highest BCUT2D eigenvalue weighted by Crippen LogP contribution is 2.33. The molecule has 0 aliphatic heterocycles. The number of hydrogen-bond donors (Lipinski definition) is 2. The Morgan fingerprint density at radius 1 is 1.36 bits per heavy atom. The summed E-state index contributed by atoms with van der Waals surface area (Å²) in [5.41, 5.74) is 0. The van der Waals surface area contributed by atoms with Gasteiger partial charge in [-0.2, -0.15) is 0 Å². The van der Waals surface area contributed by atoms with Crippen molar-refractivity contribution >= 4 is 46.8 Å². The van der Waals surface area contributed by atoms with E-state index in [0.717, 1.165) is 4.90 Å². The molecule has 0 bridgehead atoms. The summed E-state index contributed by atoms with van der Waals surface area (Å²) in [6, 6.07) is 5.06. The van der Waals surface area contributed by atoms with Gasteiger partial charge in [-0.1, -0.05) is 23.2 Å². The predicted octanol–water partition coefficient (Wildman–Crippen LogP) is 3.84. The van der Waals surface area contributed by atoms with Crippen LogP contribution in [0.5, 0.6) is 0 Å². The summed E-state index contributed by atoms with van der Waals surface area (Å²) < 4.78 is 0. The van der Waals surface area contributed by atoms with Crippen LogP contribution in [0.2, 0.25) is 10.0 Å². The lowest BCUT2D eigenvalue weighted by Gasteiger charge is -2.17. The highest BCUT2D eigenvalue weighted by atomic mass is 35.5. The van der Waals surface area contributed by atoms with Gasteiger partial charge in [0.2, 0.25) is 5.91 Å². The van der Waals surface area contributed by atoms with Crippen molar-refractivity contribution in [1.29, 1.82) is 0 Å². The molecule has 0 saturated heterocycles. The van der Waals surface area contributed by atoms with Crippen LogP contribution >= 0.6 is 35.0 Å². The molecule has 2 N–H and O–H groups in total. The maximum absolute atomic E-state index is 12.2. The third kappa shape index (κ3) is 4.54. The minimum absolute atomic E-state index is 0.0634. The number of rotatable bonds is 5. The third-order valence-corrected chi connectivity index (χ3v) is 5.53. The predicted molar refractivity (Wildman–Crippen MR) is 88.7 cm³/mol. The molecule has 1 amide bonds. The van der Waals surface area contributed by atoms with Gasteiger partial charge in [0.05, 0.1) is 16.2 Å². The molecular weight excluding hydrogens is 345 g/mol. The first-order chi connectivity index (χ1) is 10.4. The van der Waals surface area contributed by atoms with Crippen LogP contribution in [0.3, 0.4) is 0 Å². The van der Waals surface area contributed by atoms with Crippen LogP contribution < -0.4 is 5.32 Å². The number of aliphatic carboxylic acids is 1. The van der Waals surface area contributed by atoms with E-state index in [1.54, 1.807) is 25.1 Å². The summed E-state index contributed by atoms with van der Waals surface area (Å²) in [4.78, 5) is 23.9. The summed E-state index contributed by atoms with van der Waals surface area (Å²) in [6.45, 7) is 1.79. The van der Waals surface area contributed by atoms with Crippen molar-refractivity contribution < 1.29 is 14.7 Å². The first-order valence-electron chi connectivity index (χ1n) is 7.01. The van der Waals surface area contributed by atoms with Crippen LogP contribution in [-0.4, -0.2) is 28.3 Å². The summed E-state index contributed by atoms with van der Waals surface area (Å²) in [5.74, 6) is -1.25. The van der Waals surface area contributed by atoms with Gasteiger partial charge < -0.3 is 10.4 Å². The van der Waals surface area contributed by atoms with Gasteiger partial charge in [-0.05, 0) is 44.4 Å². The number of carboxylic acids is 1. The fraction of sp³-hybridized carbons (Fsp3) is 0.467. The van der Waals surface area contributed by atoms with Gasteiger partial charge in [0.25, 0.3) is 0 Å². The lowest BCUT2D eigenvalue weighted by atomic mass is 10.1. The smallest absolute Gasteiger partial charge is 0.306 e. The Balaban J connectivity index is 1.90. The maximum atomic E-state index is 12.2. The molecule has 1 aliphatic carbocycles. The van der Waals surface area contributed by atoms with Gasteiger partial charge in [-0.15, -0.1) is 11.8 Å². The highest BCUT2D eigenvalue weighted by Gasteiger charge is 2.31. The Hall–Kier alpha value is -0.910. The zero-order chi connectivity index (χ0) is 16.3. The van der Waals surface area contributed by atoms with Crippen LogP contribution in [0.4, 0.5) is 0 Å². The molecule has 1 aromatic rings. The second kappa shape index (κ2) is 7.57. The molecule has 0 aromatic heterocycles. The van der Waals surface area contributed by atoms with Gasteiger partial charge in [-0.25, -0.2) is 0 Å². The minimum atomic E-state index is -0.787. The molecular formula is C15H17Cl2NO3S. The molecule has 0 radical (unpaired) electrons. The normalized spacial score (nSPS) is 22.3. The van der Waals surface area contributed by atoms with Gasteiger partial charge in [0.1, 0.15) is 0 Å². The molecule has 22 heavy (non-hydrogen) atoms. The Morgan fingerprint density at radius 3 is 2.73 bits per heavy atom. The Bertz CT molecular complexity index is 582. The number of benzene rings is 1. The third-order valence-electron chi connectivity index (χ3n) is 3.69. The number of thioether (sulfide) groups is 1. The standard InChI is InChI=1S/C15H17Cl2NO3S/c1-8(22-13-7-10(16)3-5-12(13)17)14(19)18-11-4-2-9(6-11)15(20)21/h3,5,7-9,11H,2,4,6H2,1H3,(H,18,19)(H,20,21)/t8?,9-,11+/m1/s1.